The van der Waals surface area contributed by atoms with Crippen molar-refractivity contribution in [2.45, 2.75) is 38.7 Å². The third-order valence-corrected chi connectivity index (χ3v) is 5.81. The number of hydrogen-bond acceptors (Lipinski definition) is 11. The summed E-state index contributed by atoms with van der Waals surface area (Å²) in [7, 11) is 7.21. The molecule has 0 amide bonds. The molecule has 1 aliphatic rings. The van der Waals surface area contributed by atoms with Crippen LogP contribution >= 0.6 is 0 Å². The van der Waals surface area contributed by atoms with E-state index in [2.05, 4.69) is 37.9 Å². The number of anilines is 3. The Morgan fingerprint density at radius 3 is 2.59 bits per heavy atom. The first-order valence-corrected chi connectivity index (χ1v) is 12.4. The number of aromatic nitrogens is 2. The zero-order valence-electron chi connectivity index (χ0n) is 22.9. The molecule has 2 heterocycles. The van der Waals surface area contributed by atoms with E-state index < -0.39 is 11.6 Å². The lowest BCUT2D eigenvalue weighted by molar-refractivity contribution is -0.157. The van der Waals surface area contributed by atoms with Gasteiger partial charge in [-0.3, -0.25) is 0 Å². The number of fused-ring (bicyclic) bond motifs is 1. The molecule has 204 valence electrons. The molecule has 1 aromatic heterocycles. The summed E-state index contributed by atoms with van der Waals surface area (Å²) in [6.45, 7) is 8.80. The minimum absolute atomic E-state index is 0.213. The first-order chi connectivity index (χ1) is 17.6. The van der Waals surface area contributed by atoms with Crippen molar-refractivity contribution in [2.75, 3.05) is 71.7 Å². The van der Waals surface area contributed by atoms with Crippen molar-refractivity contribution in [1.82, 2.24) is 20.2 Å². The summed E-state index contributed by atoms with van der Waals surface area (Å²) in [5.41, 5.74) is 1.05. The smallest absolute Gasteiger partial charge is 0.344 e. The zero-order valence-corrected chi connectivity index (χ0v) is 22.9. The van der Waals surface area contributed by atoms with Gasteiger partial charge in [0.2, 0.25) is 0 Å². The fourth-order valence-corrected chi connectivity index (χ4v) is 4.21. The lowest BCUT2D eigenvalue weighted by Gasteiger charge is -2.22. The Kier molecular flexibility index (Phi) is 9.76. The number of rotatable bonds is 13. The van der Waals surface area contributed by atoms with E-state index in [1.807, 2.05) is 27.8 Å². The number of carbonyl (C=O) groups excluding carboxylic acids is 1. The monoisotopic (exact) mass is 516 g/mol. The van der Waals surface area contributed by atoms with Crippen LogP contribution in [0.5, 0.6) is 17.2 Å². The Hall–Kier alpha value is -3.31. The molecule has 2 aromatic rings. The number of likely N-dealkylation sites (N-methyl/N-ethyl adjacent to an activating group) is 1. The molecular weight excluding hydrogens is 476 g/mol. The molecule has 11 heteroatoms. The number of benzene rings is 1. The van der Waals surface area contributed by atoms with Gasteiger partial charge in [-0.15, -0.1) is 0 Å². The molecule has 0 fully saturated rings. The molecule has 0 saturated heterocycles. The summed E-state index contributed by atoms with van der Waals surface area (Å²) in [5, 5.41) is 9.99. The molecule has 0 saturated carbocycles. The number of ether oxygens (including phenoxy) is 4. The molecule has 1 atom stereocenters. The van der Waals surface area contributed by atoms with E-state index in [1.54, 1.807) is 19.2 Å². The second-order valence-corrected chi connectivity index (χ2v) is 9.99. The lowest BCUT2D eigenvalue weighted by Crippen LogP contribution is -2.28. The summed E-state index contributed by atoms with van der Waals surface area (Å²) in [4.78, 5) is 23.5. The normalized spacial score (nSPS) is 14.6. The van der Waals surface area contributed by atoms with E-state index >= 15 is 0 Å². The summed E-state index contributed by atoms with van der Waals surface area (Å²) in [5.74, 6) is 2.60. The van der Waals surface area contributed by atoms with Gasteiger partial charge >= 0.3 is 5.97 Å². The van der Waals surface area contributed by atoms with Crippen molar-refractivity contribution in [1.29, 1.82) is 0 Å². The van der Waals surface area contributed by atoms with Crippen LogP contribution in [0, 0.1) is 0 Å². The number of nitrogens with one attached hydrogen (secondary N) is 3. The Balaban J connectivity index is 1.83. The predicted octanol–water partition coefficient (Wildman–Crippen LogP) is 3.01. The summed E-state index contributed by atoms with van der Waals surface area (Å²) in [6, 6.07) is 3.44. The largest absolute Gasteiger partial charge is 0.494 e. The van der Waals surface area contributed by atoms with Gasteiger partial charge in [0, 0.05) is 36.7 Å². The maximum atomic E-state index is 12.2. The molecular formula is C26H40N6O5. The van der Waals surface area contributed by atoms with Crippen LogP contribution in [0.25, 0.3) is 0 Å². The molecule has 1 aliphatic heterocycles. The van der Waals surface area contributed by atoms with Crippen LogP contribution in [0.3, 0.4) is 0 Å². The number of hydrogen-bond donors (Lipinski definition) is 3. The van der Waals surface area contributed by atoms with Gasteiger partial charge in [0.1, 0.15) is 29.3 Å². The van der Waals surface area contributed by atoms with E-state index in [0.29, 0.717) is 28.8 Å². The fraction of sp³-hybridized carbons (Fsp3) is 0.577. The van der Waals surface area contributed by atoms with Gasteiger partial charge in [0.25, 0.3) is 0 Å². The van der Waals surface area contributed by atoms with Crippen molar-refractivity contribution < 1.29 is 23.7 Å². The first-order valence-electron chi connectivity index (χ1n) is 12.4. The standard InChI is InChI=1S/C26H40N6O5/c1-26(2,3)37-22(33)15-36-21-11-18(19(34-6)12-20(21)35-7)31-25-23-17(13-28-24(23)29-16-30-25)14-32(5)10-8-9-27-4/h11-12,16-17,27H,8-10,13-15H2,1-7H3,(H2,28,29,30,31). The van der Waals surface area contributed by atoms with Crippen molar-refractivity contribution in [2.24, 2.45) is 0 Å². The molecule has 1 aromatic carbocycles. The van der Waals surface area contributed by atoms with Crippen molar-refractivity contribution in [3.8, 4) is 17.2 Å². The van der Waals surface area contributed by atoms with E-state index in [1.165, 1.54) is 13.4 Å². The molecule has 37 heavy (non-hydrogen) atoms. The summed E-state index contributed by atoms with van der Waals surface area (Å²) >= 11 is 0. The third-order valence-electron chi connectivity index (χ3n) is 5.81. The Labute approximate surface area is 219 Å². The number of nitrogens with zero attached hydrogens (tertiary/aromatic N) is 3. The van der Waals surface area contributed by atoms with E-state index in [-0.39, 0.29) is 12.5 Å². The van der Waals surface area contributed by atoms with Crippen LogP contribution < -0.4 is 30.2 Å². The Morgan fingerprint density at radius 1 is 1.16 bits per heavy atom. The van der Waals surface area contributed by atoms with E-state index in [0.717, 1.165) is 44.0 Å². The molecule has 1 unspecified atom stereocenters. The molecule has 0 spiro atoms. The van der Waals surface area contributed by atoms with Crippen LogP contribution in [0.2, 0.25) is 0 Å². The number of esters is 1. The van der Waals surface area contributed by atoms with Gasteiger partial charge in [-0.2, -0.15) is 0 Å². The van der Waals surface area contributed by atoms with Gasteiger partial charge in [-0.25, -0.2) is 14.8 Å². The van der Waals surface area contributed by atoms with E-state index in [9.17, 15) is 4.79 Å². The second kappa shape index (κ2) is 12.8. The third kappa shape index (κ3) is 7.83. The highest BCUT2D eigenvalue weighted by Gasteiger charge is 2.29. The predicted molar refractivity (Wildman–Crippen MR) is 143 cm³/mol. The van der Waals surface area contributed by atoms with Gasteiger partial charge in [0.05, 0.1) is 19.9 Å². The van der Waals surface area contributed by atoms with Crippen LogP contribution in [0.1, 0.15) is 38.7 Å². The molecule has 0 bridgehead atoms. The topological polar surface area (TPSA) is 119 Å². The van der Waals surface area contributed by atoms with Crippen LogP contribution in [0.15, 0.2) is 18.5 Å². The zero-order chi connectivity index (χ0) is 27.0. The summed E-state index contributed by atoms with van der Waals surface area (Å²) < 4.78 is 22.2. The minimum atomic E-state index is -0.601. The van der Waals surface area contributed by atoms with Crippen molar-refractivity contribution >= 4 is 23.3 Å². The Bertz CT molecular complexity index is 1060. The van der Waals surface area contributed by atoms with Gasteiger partial charge in [0.15, 0.2) is 18.1 Å². The average Bonchev–Trinajstić information content (AvgIpc) is 3.25. The molecule has 0 aliphatic carbocycles. The maximum absolute atomic E-state index is 12.2. The Morgan fingerprint density at radius 2 is 1.92 bits per heavy atom. The van der Waals surface area contributed by atoms with Gasteiger partial charge in [-0.05, 0) is 54.4 Å². The van der Waals surface area contributed by atoms with Crippen molar-refractivity contribution in [3.05, 3.63) is 24.0 Å². The highest BCUT2D eigenvalue weighted by Crippen LogP contribution is 2.42. The minimum Gasteiger partial charge on any atom is -0.494 e. The van der Waals surface area contributed by atoms with Crippen LogP contribution in [-0.2, 0) is 9.53 Å². The molecule has 3 N–H and O–H groups in total. The molecule has 0 radical (unpaired) electrons. The highest BCUT2D eigenvalue weighted by molar-refractivity contribution is 5.75. The summed E-state index contributed by atoms with van der Waals surface area (Å²) in [6.07, 6.45) is 2.61. The maximum Gasteiger partial charge on any atom is 0.344 e. The van der Waals surface area contributed by atoms with Gasteiger partial charge in [-0.1, -0.05) is 0 Å². The van der Waals surface area contributed by atoms with Crippen molar-refractivity contribution in [3.63, 3.8) is 0 Å². The first kappa shape index (κ1) is 28.3. The lowest BCUT2D eigenvalue weighted by atomic mass is 10.0. The quantitative estimate of drug-likeness (QED) is 0.269. The van der Waals surface area contributed by atoms with Gasteiger partial charge < -0.3 is 39.8 Å². The average molecular weight is 517 g/mol. The SMILES string of the molecule is CNCCCN(C)CC1CNc2ncnc(Nc3cc(OCC(=O)OC(C)(C)C)c(OC)cc3OC)c21. The van der Waals surface area contributed by atoms with Crippen LogP contribution in [-0.4, -0.2) is 87.5 Å². The second-order valence-electron chi connectivity index (χ2n) is 9.99. The van der Waals surface area contributed by atoms with E-state index in [4.69, 9.17) is 18.9 Å². The number of carbonyl (C=O) groups is 1. The number of methoxy groups -OCH3 is 2. The fourth-order valence-electron chi connectivity index (χ4n) is 4.21. The van der Waals surface area contributed by atoms with Crippen LogP contribution in [0.4, 0.5) is 17.3 Å². The molecule has 3 rings (SSSR count). The highest BCUT2D eigenvalue weighted by atomic mass is 16.6. The molecule has 11 nitrogen and oxygen atoms in total.